The summed E-state index contributed by atoms with van der Waals surface area (Å²) in [6.07, 6.45) is 2.67. The van der Waals surface area contributed by atoms with Gasteiger partial charge in [-0.15, -0.1) is 0 Å². The van der Waals surface area contributed by atoms with Gasteiger partial charge in [0.1, 0.15) is 11.6 Å². The monoisotopic (exact) mass is 440 g/mol. The van der Waals surface area contributed by atoms with Crippen LogP contribution in [-0.2, 0) is 22.6 Å². The van der Waals surface area contributed by atoms with Crippen molar-refractivity contribution in [3.63, 3.8) is 0 Å². The van der Waals surface area contributed by atoms with E-state index < -0.39 is 0 Å². The number of nitrogens with zero attached hydrogens (tertiary/aromatic N) is 3. The largest absolute Gasteiger partial charge is 0.484 e. The Kier molecular flexibility index (Phi) is 5.80. The number of hydrogen-bond acceptors (Lipinski definition) is 5. The quantitative estimate of drug-likeness (QED) is 0.633. The molecule has 2 aliphatic rings. The van der Waals surface area contributed by atoms with E-state index in [2.05, 4.69) is 14.8 Å². The zero-order chi connectivity index (χ0) is 21.2. The summed E-state index contributed by atoms with van der Waals surface area (Å²) in [6, 6.07) is 12.8. The van der Waals surface area contributed by atoms with Gasteiger partial charge in [0.05, 0.1) is 23.7 Å². The zero-order valence-corrected chi connectivity index (χ0v) is 18.0. The van der Waals surface area contributed by atoms with E-state index in [0.717, 1.165) is 62.5 Å². The smallest absolute Gasteiger partial charge is 0.262 e. The summed E-state index contributed by atoms with van der Waals surface area (Å²) < 4.78 is 13.6. The molecule has 0 radical (unpaired) electrons. The molecule has 7 nitrogen and oxygen atoms in total. The van der Waals surface area contributed by atoms with Crippen LogP contribution in [0.4, 0.5) is 5.69 Å². The fraction of sp³-hybridized carbons (Fsp3) is 0.391. The first-order chi connectivity index (χ1) is 15.1. The van der Waals surface area contributed by atoms with Crippen molar-refractivity contribution in [1.29, 1.82) is 0 Å². The minimum absolute atomic E-state index is 0.0719. The van der Waals surface area contributed by atoms with Gasteiger partial charge in [-0.2, -0.15) is 0 Å². The SMILES string of the molecule is O=C(COc1ccc(Cl)cc1)Nc1ccc2c(c1)nc1n2CCN(C[C@@H]2CCCO2)C1. The number of amides is 1. The fourth-order valence-electron chi connectivity index (χ4n) is 4.26. The molecule has 31 heavy (non-hydrogen) atoms. The Morgan fingerprint density at radius 2 is 2.10 bits per heavy atom. The number of carbonyl (C=O) groups is 1. The third-order valence-electron chi connectivity index (χ3n) is 5.79. The fourth-order valence-corrected chi connectivity index (χ4v) is 4.38. The lowest BCUT2D eigenvalue weighted by Crippen LogP contribution is -2.38. The topological polar surface area (TPSA) is 68.6 Å². The Morgan fingerprint density at radius 3 is 2.90 bits per heavy atom. The van der Waals surface area contributed by atoms with Gasteiger partial charge in [0.25, 0.3) is 5.91 Å². The molecule has 1 atom stereocenters. The Morgan fingerprint density at radius 1 is 1.23 bits per heavy atom. The number of aromatic nitrogens is 2. The standard InChI is InChI=1S/C23H25ClN4O3/c24-16-3-6-18(7-4-16)31-15-23(29)25-17-5-8-21-20(12-17)26-22-14-27(9-10-28(21)22)13-19-2-1-11-30-19/h3-8,12,19H,1-2,9-11,13-15H2,(H,25,29)/t19-/m0/s1. The molecule has 1 saturated heterocycles. The van der Waals surface area contributed by atoms with Crippen LogP contribution in [0.25, 0.3) is 11.0 Å². The third-order valence-corrected chi connectivity index (χ3v) is 6.04. The first-order valence-electron chi connectivity index (χ1n) is 10.7. The molecular weight excluding hydrogens is 416 g/mol. The van der Waals surface area contributed by atoms with Gasteiger partial charge < -0.3 is 19.4 Å². The van der Waals surface area contributed by atoms with Crippen LogP contribution in [0.2, 0.25) is 5.02 Å². The molecule has 2 aliphatic heterocycles. The molecule has 0 unspecified atom stereocenters. The Bertz CT molecular complexity index is 1080. The normalized spacial score (nSPS) is 18.8. The highest BCUT2D eigenvalue weighted by molar-refractivity contribution is 6.30. The Hall–Kier alpha value is -2.61. The maximum absolute atomic E-state index is 12.3. The van der Waals surface area contributed by atoms with E-state index in [1.54, 1.807) is 24.3 Å². The molecule has 1 aromatic heterocycles. The average molecular weight is 441 g/mol. The van der Waals surface area contributed by atoms with Crippen LogP contribution < -0.4 is 10.1 Å². The number of halogens is 1. The van der Waals surface area contributed by atoms with Gasteiger partial charge in [-0.05, 0) is 55.3 Å². The molecule has 0 saturated carbocycles. The van der Waals surface area contributed by atoms with Crippen LogP contribution in [0.5, 0.6) is 5.75 Å². The lowest BCUT2D eigenvalue weighted by molar-refractivity contribution is -0.118. The lowest BCUT2D eigenvalue weighted by Gasteiger charge is -2.29. The molecule has 1 fully saturated rings. The van der Waals surface area contributed by atoms with Crippen LogP contribution in [0, 0.1) is 0 Å². The third kappa shape index (κ3) is 4.69. The van der Waals surface area contributed by atoms with Crippen molar-refractivity contribution in [2.75, 3.05) is 31.6 Å². The van der Waals surface area contributed by atoms with Gasteiger partial charge in [-0.3, -0.25) is 9.69 Å². The van der Waals surface area contributed by atoms with E-state index in [-0.39, 0.29) is 12.5 Å². The summed E-state index contributed by atoms with van der Waals surface area (Å²) >= 11 is 5.86. The van der Waals surface area contributed by atoms with Crippen molar-refractivity contribution < 1.29 is 14.3 Å². The number of hydrogen-bond donors (Lipinski definition) is 1. The number of carbonyl (C=O) groups excluding carboxylic acids is 1. The van der Waals surface area contributed by atoms with Crippen LogP contribution in [0.15, 0.2) is 42.5 Å². The summed E-state index contributed by atoms with van der Waals surface area (Å²) in [7, 11) is 0. The number of imidazole rings is 1. The molecule has 1 amide bonds. The Balaban J connectivity index is 1.22. The van der Waals surface area contributed by atoms with Crippen molar-refractivity contribution in [3.8, 4) is 5.75 Å². The van der Waals surface area contributed by atoms with Crippen molar-refractivity contribution in [1.82, 2.24) is 14.5 Å². The summed E-state index contributed by atoms with van der Waals surface area (Å²) in [6.45, 7) is 4.52. The van der Waals surface area contributed by atoms with Crippen molar-refractivity contribution >= 4 is 34.2 Å². The van der Waals surface area contributed by atoms with Gasteiger partial charge in [-0.25, -0.2) is 4.98 Å². The number of ether oxygens (including phenoxy) is 2. The number of anilines is 1. The van der Waals surface area contributed by atoms with Crippen LogP contribution >= 0.6 is 11.6 Å². The first kappa shape index (κ1) is 20.3. The van der Waals surface area contributed by atoms with Gasteiger partial charge in [-0.1, -0.05) is 11.6 Å². The second kappa shape index (κ2) is 8.86. The summed E-state index contributed by atoms with van der Waals surface area (Å²) in [4.78, 5) is 19.5. The first-order valence-corrected chi connectivity index (χ1v) is 11.0. The molecular formula is C23H25ClN4O3. The molecule has 3 aromatic rings. The van der Waals surface area contributed by atoms with Gasteiger partial charge in [0.15, 0.2) is 6.61 Å². The second-order valence-corrected chi connectivity index (χ2v) is 8.48. The predicted molar refractivity (Wildman–Crippen MR) is 120 cm³/mol. The van der Waals surface area contributed by atoms with Crippen molar-refractivity contribution in [2.24, 2.45) is 0 Å². The average Bonchev–Trinajstić information content (AvgIpc) is 3.40. The minimum Gasteiger partial charge on any atom is -0.484 e. The highest BCUT2D eigenvalue weighted by Gasteiger charge is 2.24. The van der Waals surface area contributed by atoms with Gasteiger partial charge in [0, 0.05) is 37.0 Å². The lowest BCUT2D eigenvalue weighted by atomic mass is 10.2. The highest BCUT2D eigenvalue weighted by atomic mass is 35.5. The van der Waals surface area contributed by atoms with E-state index in [9.17, 15) is 4.79 Å². The molecule has 0 aliphatic carbocycles. The molecule has 8 heteroatoms. The molecule has 162 valence electrons. The molecule has 2 aromatic carbocycles. The van der Waals surface area contributed by atoms with Crippen LogP contribution in [0.1, 0.15) is 18.7 Å². The van der Waals surface area contributed by atoms with Gasteiger partial charge >= 0.3 is 0 Å². The van der Waals surface area contributed by atoms with E-state index in [1.165, 1.54) is 0 Å². The second-order valence-electron chi connectivity index (χ2n) is 8.04. The van der Waals surface area contributed by atoms with Crippen molar-refractivity contribution in [3.05, 3.63) is 53.3 Å². The highest BCUT2D eigenvalue weighted by Crippen LogP contribution is 2.25. The van der Waals surface area contributed by atoms with Crippen molar-refractivity contribution in [2.45, 2.75) is 32.0 Å². The number of benzene rings is 2. The van der Waals surface area contributed by atoms with E-state index >= 15 is 0 Å². The zero-order valence-electron chi connectivity index (χ0n) is 17.2. The van der Waals surface area contributed by atoms with E-state index in [1.807, 2.05) is 18.2 Å². The molecule has 3 heterocycles. The van der Waals surface area contributed by atoms with Crippen LogP contribution in [-0.4, -0.2) is 52.8 Å². The molecule has 0 bridgehead atoms. The summed E-state index contributed by atoms with van der Waals surface area (Å²) in [5.74, 6) is 1.44. The minimum atomic E-state index is -0.221. The predicted octanol–water partition coefficient (Wildman–Crippen LogP) is 3.70. The molecule has 0 spiro atoms. The van der Waals surface area contributed by atoms with E-state index in [4.69, 9.17) is 26.1 Å². The van der Waals surface area contributed by atoms with E-state index in [0.29, 0.717) is 22.6 Å². The number of nitrogens with one attached hydrogen (secondary N) is 1. The maximum atomic E-state index is 12.3. The van der Waals surface area contributed by atoms with Crippen LogP contribution in [0.3, 0.4) is 0 Å². The Labute approximate surface area is 185 Å². The number of rotatable bonds is 6. The number of fused-ring (bicyclic) bond motifs is 3. The van der Waals surface area contributed by atoms with Gasteiger partial charge in [0.2, 0.25) is 0 Å². The molecule has 5 rings (SSSR count). The summed E-state index contributed by atoms with van der Waals surface area (Å²) in [5, 5.41) is 3.51. The molecule has 1 N–H and O–H groups in total. The maximum Gasteiger partial charge on any atom is 0.262 e. The summed E-state index contributed by atoms with van der Waals surface area (Å²) in [5.41, 5.74) is 2.71.